The van der Waals surface area contributed by atoms with Crippen molar-refractivity contribution in [2.75, 3.05) is 0 Å². The van der Waals surface area contributed by atoms with Gasteiger partial charge in [0.05, 0.1) is 5.71 Å². The molecule has 0 heterocycles. The smallest absolute Gasteiger partial charge is 0.180 e. The zero-order chi connectivity index (χ0) is 11.0. The van der Waals surface area contributed by atoms with Gasteiger partial charge in [-0.15, -0.1) is 0 Å². The quantitative estimate of drug-likeness (QED) is 0.326. The topological polar surface area (TPSA) is 66.7 Å². The van der Waals surface area contributed by atoms with Gasteiger partial charge in [0.2, 0.25) is 0 Å². The Morgan fingerprint density at radius 1 is 1.20 bits per heavy atom. The molecule has 1 aromatic carbocycles. The molecular formula is C11H9NO3. The van der Waals surface area contributed by atoms with Gasteiger partial charge in [-0.05, 0) is 6.92 Å². The van der Waals surface area contributed by atoms with Crippen LogP contribution in [-0.4, -0.2) is 22.5 Å². The van der Waals surface area contributed by atoms with E-state index in [4.69, 9.17) is 5.21 Å². The van der Waals surface area contributed by atoms with Crippen molar-refractivity contribution in [1.29, 1.82) is 0 Å². The second kappa shape index (κ2) is 3.31. The van der Waals surface area contributed by atoms with Crippen molar-refractivity contribution in [2.45, 2.75) is 6.92 Å². The lowest BCUT2D eigenvalue weighted by Gasteiger charge is -2.02. The Bertz CT molecular complexity index is 441. The highest BCUT2D eigenvalue weighted by Crippen LogP contribution is 2.27. The normalized spacial score (nSPS) is 17.0. The zero-order valence-corrected chi connectivity index (χ0v) is 8.10. The van der Waals surface area contributed by atoms with Gasteiger partial charge in [0, 0.05) is 11.1 Å². The van der Waals surface area contributed by atoms with Crippen molar-refractivity contribution < 1.29 is 14.8 Å². The highest BCUT2D eigenvalue weighted by atomic mass is 16.4. The molecule has 1 aromatic rings. The maximum atomic E-state index is 11.8. The van der Waals surface area contributed by atoms with Gasteiger partial charge in [-0.2, -0.15) is 0 Å². The van der Waals surface area contributed by atoms with Gasteiger partial charge in [0.15, 0.2) is 11.6 Å². The molecule has 15 heavy (non-hydrogen) atoms. The van der Waals surface area contributed by atoms with Crippen LogP contribution in [0, 0.1) is 5.92 Å². The summed E-state index contributed by atoms with van der Waals surface area (Å²) >= 11 is 0. The number of carbonyl (C=O) groups is 2. The number of rotatable bonds is 1. The second-order valence-electron chi connectivity index (χ2n) is 3.45. The molecule has 0 amide bonds. The average Bonchev–Trinajstić information content (AvgIpc) is 2.52. The molecule has 0 radical (unpaired) electrons. The minimum Gasteiger partial charge on any atom is -0.411 e. The zero-order valence-electron chi connectivity index (χ0n) is 8.10. The minimum absolute atomic E-state index is 0.140. The number of carbonyl (C=O) groups excluding carboxylic acids is 2. The van der Waals surface area contributed by atoms with E-state index in [1.807, 2.05) is 0 Å². The first kappa shape index (κ1) is 9.58. The first-order valence-electron chi connectivity index (χ1n) is 4.53. The number of nitrogens with zero attached hydrogens (tertiary/aromatic N) is 1. The third kappa shape index (κ3) is 1.26. The predicted octanol–water partition coefficient (Wildman–Crippen LogP) is 1.53. The van der Waals surface area contributed by atoms with Gasteiger partial charge in [0.1, 0.15) is 5.92 Å². The largest absolute Gasteiger partial charge is 0.411 e. The first-order valence-corrected chi connectivity index (χ1v) is 4.53. The van der Waals surface area contributed by atoms with E-state index in [-0.39, 0.29) is 17.3 Å². The van der Waals surface area contributed by atoms with Crippen LogP contribution in [-0.2, 0) is 0 Å². The van der Waals surface area contributed by atoms with Crippen LogP contribution in [0.4, 0.5) is 0 Å². The monoisotopic (exact) mass is 203 g/mol. The Hall–Kier alpha value is -1.97. The average molecular weight is 203 g/mol. The SMILES string of the molecule is CC(=NO)C1C(=O)c2ccccc2C1=O. The lowest BCUT2D eigenvalue weighted by Crippen LogP contribution is -2.23. The molecule has 0 spiro atoms. The summed E-state index contributed by atoms with van der Waals surface area (Å²) in [5.41, 5.74) is 0.965. The summed E-state index contributed by atoms with van der Waals surface area (Å²) in [4.78, 5) is 23.6. The number of Topliss-reactive ketones (excluding diaryl/α,β-unsaturated/α-hetero) is 2. The van der Waals surface area contributed by atoms with Crippen LogP contribution in [0.25, 0.3) is 0 Å². The van der Waals surface area contributed by atoms with Crippen molar-refractivity contribution in [1.82, 2.24) is 0 Å². The summed E-state index contributed by atoms with van der Waals surface area (Å²) in [5.74, 6) is -1.51. The lowest BCUT2D eigenvalue weighted by molar-refractivity contribution is 0.0880. The van der Waals surface area contributed by atoms with Gasteiger partial charge in [-0.3, -0.25) is 9.59 Å². The molecule has 0 saturated heterocycles. The van der Waals surface area contributed by atoms with Crippen LogP contribution in [0.15, 0.2) is 29.4 Å². The Balaban J connectivity index is 2.55. The molecule has 2 rings (SSSR count). The van der Waals surface area contributed by atoms with E-state index in [9.17, 15) is 9.59 Å². The highest BCUT2D eigenvalue weighted by Gasteiger charge is 2.40. The minimum atomic E-state index is -0.938. The van der Waals surface area contributed by atoms with Crippen LogP contribution < -0.4 is 0 Å². The van der Waals surface area contributed by atoms with E-state index in [2.05, 4.69) is 5.16 Å². The van der Waals surface area contributed by atoms with Gasteiger partial charge >= 0.3 is 0 Å². The van der Waals surface area contributed by atoms with E-state index in [0.717, 1.165) is 0 Å². The van der Waals surface area contributed by atoms with E-state index < -0.39 is 5.92 Å². The standard InChI is InChI=1S/C11H9NO3/c1-6(12-15)9-10(13)7-4-2-3-5-8(7)11(9)14/h2-5,9,15H,1H3. The predicted molar refractivity (Wildman–Crippen MR) is 53.5 cm³/mol. The maximum absolute atomic E-state index is 11.8. The number of hydrogen-bond donors (Lipinski definition) is 1. The summed E-state index contributed by atoms with van der Waals surface area (Å²) in [5, 5.41) is 11.5. The van der Waals surface area contributed by atoms with Gasteiger partial charge in [-0.25, -0.2) is 0 Å². The molecule has 0 unspecified atom stereocenters. The number of oxime groups is 1. The summed E-state index contributed by atoms with van der Waals surface area (Å²) in [6.45, 7) is 1.46. The molecule has 1 aliphatic carbocycles. The molecule has 0 saturated carbocycles. The summed E-state index contributed by atoms with van der Waals surface area (Å²) < 4.78 is 0. The Morgan fingerprint density at radius 3 is 2.07 bits per heavy atom. The Kier molecular flexibility index (Phi) is 2.11. The van der Waals surface area contributed by atoms with E-state index in [1.54, 1.807) is 24.3 Å². The summed E-state index contributed by atoms with van der Waals surface area (Å²) in [6, 6.07) is 6.63. The lowest BCUT2D eigenvalue weighted by atomic mass is 9.99. The van der Waals surface area contributed by atoms with Crippen LogP contribution >= 0.6 is 0 Å². The molecule has 0 aromatic heterocycles. The molecule has 4 nitrogen and oxygen atoms in total. The molecule has 0 aliphatic heterocycles. The second-order valence-corrected chi connectivity index (χ2v) is 3.45. The number of benzene rings is 1. The highest BCUT2D eigenvalue weighted by molar-refractivity contribution is 6.36. The van der Waals surface area contributed by atoms with Crippen LogP contribution in [0.2, 0.25) is 0 Å². The number of hydrogen-bond acceptors (Lipinski definition) is 4. The molecule has 1 aliphatic rings. The van der Waals surface area contributed by atoms with Crippen molar-refractivity contribution in [3.8, 4) is 0 Å². The number of ketones is 2. The van der Waals surface area contributed by atoms with E-state index >= 15 is 0 Å². The molecule has 1 N–H and O–H groups in total. The number of fused-ring (bicyclic) bond motifs is 1. The van der Waals surface area contributed by atoms with Crippen molar-refractivity contribution in [3.05, 3.63) is 35.4 Å². The fraction of sp³-hybridized carbons (Fsp3) is 0.182. The van der Waals surface area contributed by atoms with Gasteiger partial charge in [-0.1, -0.05) is 29.4 Å². The van der Waals surface area contributed by atoms with Gasteiger partial charge < -0.3 is 5.21 Å². The maximum Gasteiger partial charge on any atom is 0.180 e. The third-order valence-electron chi connectivity index (χ3n) is 2.56. The van der Waals surface area contributed by atoms with Gasteiger partial charge in [0.25, 0.3) is 0 Å². The molecular weight excluding hydrogens is 194 g/mol. The fourth-order valence-corrected chi connectivity index (χ4v) is 1.78. The summed E-state index contributed by atoms with van der Waals surface area (Å²) in [7, 11) is 0. The van der Waals surface area contributed by atoms with E-state index in [0.29, 0.717) is 11.1 Å². The van der Waals surface area contributed by atoms with E-state index in [1.165, 1.54) is 6.92 Å². The molecule has 0 fully saturated rings. The van der Waals surface area contributed by atoms with Crippen molar-refractivity contribution in [3.63, 3.8) is 0 Å². The Labute approximate surface area is 86.2 Å². The van der Waals surface area contributed by atoms with Crippen LogP contribution in [0.1, 0.15) is 27.6 Å². The van der Waals surface area contributed by atoms with Crippen molar-refractivity contribution in [2.24, 2.45) is 11.1 Å². The first-order chi connectivity index (χ1) is 7.16. The molecule has 0 bridgehead atoms. The van der Waals surface area contributed by atoms with Crippen LogP contribution in [0.3, 0.4) is 0 Å². The molecule has 4 heteroatoms. The summed E-state index contributed by atoms with van der Waals surface area (Å²) in [6.07, 6.45) is 0. The molecule has 0 atom stereocenters. The van der Waals surface area contributed by atoms with Crippen LogP contribution in [0.5, 0.6) is 0 Å². The molecule has 76 valence electrons. The third-order valence-corrected chi connectivity index (χ3v) is 2.56. The fourth-order valence-electron chi connectivity index (χ4n) is 1.78. The Morgan fingerprint density at radius 2 is 1.67 bits per heavy atom. The van der Waals surface area contributed by atoms with Crippen molar-refractivity contribution >= 4 is 17.3 Å².